The van der Waals surface area contributed by atoms with Crippen LogP contribution in [0.4, 0.5) is 0 Å². The Morgan fingerprint density at radius 1 is 1.35 bits per heavy atom. The lowest BCUT2D eigenvalue weighted by Gasteiger charge is -2.35. The fourth-order valence-electron chi connectivity index (χ4n) is 3.09. The zero-order valence-corrected chi connectivity index (χ0v) is 14.2. The molecule has 1 heterocycles. The van der Waals surface area contributed by atoms with Crippen LogP contribution in [0.3, 0.4) is 0 Å². The average molecular weight is 322 g/mol. The summed E-state index contributed by atoms with van der Waals surface area (Å²) in [5.74, 6) is 1.43. The number of carbonyl (C=O) groups is 1. The molecular weight excluding hydrogens is 296 g/mol. The summed E-state index contributed by atoms with van der Waals surface area (Å²) in [6.45, 7) is 4.63. The minimum atomic E-state index is -0.820. The maximum absolute atomic E-state index is 12.6. The Kier molecular flexibility index (Phi) is 5.49. The normalized spacial score (nSPS) is 18.6. The summed E-state index contributed by atoms with van der Waals surface area (Å²) in [6, 6.07) is 3.00. The van der Waals surface area contributed by atoms with Crippen molar-refractivity contribution in [1.29, 1.82) is 0 Å². The van der Waals surface area contributed by atoms with Crippen LogP contribution >= 0.6 is 0 Å². The highest BCUT2D eigenvalue weighted by Gasteiger charge is 2.33. The van der Waals surface area contributed by atoms with E-state index in [0.717, 1.165) is 5.56 Å². The number of nitrogens with zero attached hydrogens (tertiary/aromatic N) is 1. The van der Waals surface area contributed by atoms with Gasteiger partial charge in [-0.3, -0.25) is 4.79 Å². The highest BCUT2D eigenvalue weighted by atomic mass is 16.5. The van der Waals surface area contributed by atoms with Gasteiger partial charge in [0.2, 0.25) is 5.91 Å². The fourth-order valence-corrected chi connectivity index (χ4v) is 3.09. The van der Waals surface area contributed by atoms with Crippen LogP contribution in [0.1, 0.15) is 37.5 Å². The summed E-state index contributed by atoms with van der Waals surface area (Å²) in [6.07, 6.45) is -0.202. The Hall–Kier alpha value is -1.79. The zero-order valence-electron chi connectivity index (χ0n) is 14.2. The highest BCUT2D eigenvalue weighted by Crippen LogP contribution is 2.39. The van der Waals surface area contributed by atoms with Crippen LogP contribution in [0.5, 0.6) is 11.5 Å². The summed E-state index contributed by atoms with van der Waals surface area (Å²) >= 11 is 0. The molecule has 2 rings (SSSR count). The molecule has 0 saturated carbocycles. The van der Waals surface area contributed by atoms with Crippen molar-refractivity contribution in [2.24, 2.45) is 11.7 Å². The second kappa shape index (κ2) is 7.19. The van der Waals surface area contributed by atoms with E-state index < -0.39 is 12.1 Å². The average Bonchev–Trinajstić information content (AvgIpc) is 2.52. The molecular formula is C17H26N2O4. The molecule has 3 N–H and O–H groups in total. The fraction of sp³-hybridized carbons (Fsp3) is 0.588. The van der Waals surface area contributed by atoms with Gasteiger partial charge in [-0.15, -0.1) is 0 Å². The summed E-state index contributed by atoms with van der Waals surface area (Å²) in [4.78, 5) is 14.2. The van der Waals surface area contributed by atoms with Gasteiger partial charge in [0.05, 0.1) is 26.8 Å². The summed E-state index contributed by atoms with van der Waals surface area (Å²) in [7, 11) is 3.13. The zero-order chi connectivity index (χ0) is 17.1. The van der Waals surface area contributed by atoms with Crippen molar-refractivity contribution in [3.05, 3.63) is 23.3 Å². The molecule has 0 saturated heterocycles. The Labute approximate surface area is 137 Å². The van der Waals surface area contributed by atoms with Gasteiger partial charge in [0.25, 0.3) is 0 Å². The molecule has 2 atom stereocenters. The van der Waals surface area contributed by atoms with Gasteiger partial charge in [0.15, 0.2) is 0 Å². The highest BCUT2D eigenvalue weighted by molar-refractivity contribution is 5.82. The number of benzene rings is 1. The minimum Gasteiger partial charge on any atom is -0.496 e. The van der Waals surface area contributed by atoms with Gasteiger partial charge in [-0.25, -0.2) is 0 Å². The van der Waals surface area contributed by atoms with Crippen LogP contribution in [0.25, 0.3) is 0 Å². The minimum absolute atomic E-state index is 0.145. The molecule has 0 aliphatic carbocycles. The number of hydrogen-bond acceptors (Lipinski definition) is 5. The summed E-state index contributed by atoms with van der Waals surface area (Å²) in [5.41, 5.74) is 7.47. The predicted molar refractivity (Wildman–Crippen MR) is 87.4 cm³/mol. The van der Waals surface area contributed by atoms with Gasteiger partial charge in [-0.1, -0.05) is 13.8 Å². The third kappa shape index (κ3) is 3.59. The Morgan fingerprint density at radius 2 is 1.96 bits per heavy atom. The van der Waals surface area contributed by atoms with E-state index in [2.05, 4.69) is 0 Å². The maximum atomic E-state index is 12.6. The van der Waals surface area contributed by atoms with Gasteiger partial charge in [-0.2, -0.15) is 0 Å². The molecule has 1 amide bonds. The number of β-amino-alcohol motifs (C(OH)–C–C–N with tert-alkyl or cyclic N) is 1. The van der Waals surface area contributed by atoms with Gasteiger partial charge in [-0.05, 0) is 24.5 Å². The van der Waals surface area contributed by atoms with Crippen molar-refractivity contribution >= 4 is 5.91 Å². The molecule has 1 aliphatic rings. The number of methoxy groups -OCH3 is 2. The Bertz CT molecular complexity index is 574. The molecule has 23 heavy (non-hydrogen) atoms. The molecule has 6 heteroatoms. The smallest absolute Gasteiger partial charge is 0.239 e. The maximum Gasteiger partial charge on any atom is 0.239 e. The lowest BCUT2D eigenvalue weighted by Crippen LogP contribution is -2.47. The van der Waals surface area contributed by atoms with Crippen molar-refractivity contribution < 1.29 is 19.4 Å². The van der Waals surface area contributed by atoms with Crippen LogP contribution < -0.4 is 15.2 Å². The predicted octanol–water partition coefficient (Wildman–Crippen LogP) is 1.45. The van der Waals surface area contributed by atoms with E-state index in [0.29, 0.717) is 35.9 Å². The van der Waals surface area contributed by atoms with Crippen molar-refractivity contribution in [3.63, 3.8) is 0 Å². The summed E-state index contributed by atoms with van der Waals surface area (Å²) < 4.78 is 10.7. The third-order valence-electron chi connectivity index (χ3n) is 4.14. The first-order chi connectivity index (χ1) is 10.9. The lowest BCUT2D eigenvalue weighted by molar-refractivity contribution is -0.135. The molecule has 0 fully saturated rings. The van der Waals surface area contributed by atoms with Crippen LogP contribution in [0.2, 0.25) is 0 Å². The molecule has 0 radical (unpaired) electrons. The molecule has 1 unspecified atom stereocenters. The Morgan fingerprint density at radius 3 is 2.52 bits per heavy atom. The first-order valence-electron chi connectivity index (χ1n) is 7.85. The van der Waals surface area contributed by atoms with Gasteiger partial charge in [0.1, 0.15) is 17.6 Å². The van der Waals surface area contributed by atoms with Crippen LogP contribution in [0, 0.1) is 5.92 Å². The van der Waals surface area contributed by atoms with Gasteiger partial charge < -0.3 is 25.2 Å². The largest absolute Gasteiger partial charge is 0.496 e. The second-order valence-corrected chi connectivity index (χ2v) is 6.33. The molecule has 128 valence electrons. The van der Waals surface area contributed by atoms with Crippen LogP contribution in [-0.2, 0) is 11.3 Å². The topological polar surface area (TPSA) is 85.0 Å². The molecule has 1 aromatic rings. The van der Waals surface area contributed by atoms with Crippen molar-refractivity contribution in [3.8, 4) is 11.5 Å². The van der Waals surface area contributed by atoms with Crippen LogP contribution in [-0.4, -0.2) is 42.7 Å². The number of ether oxygens (including phenoxy) is 2. The first-order valence-corrected chi connectivity index (χ1v) is 7.85. The van der Waals surface area contributed by atoms with Crippen molar-refractivity contribution in [2.45, 2.75) is 39.0 Å². The molecule has 1 aromatic carbocycles. The SMILES string of the molecule is COc1ccc(OC)c2c1CN(C(=O)[C@@H](N)CC(C)C)CC2O. The van der Waals surface area contributed by atoms with Crippen molar-refractivity contribution in [2.75, 3.05) is 20.8 Å². The molecule has 0 spiro atoms. The molecule has 0 aromatic heterocycles. The lowest BCUT2D eigenvalue weighted by atomic mass is 9.94. The monoisotopic (exact) mass is 322 g/mol. The number of nitrogens with two attached hydrogens (primary N) is 1. The van der Waals surface area contributed by atoms with Crippen molar-refractivity contribution in [1.82, 2.24) is 4.90 Å². The molecule has 6 nitrogen and oxygen atoms in total. The Balaban J connectivity index is 2.31. The number of rotatable bonds is 5. The van der Waals surface area contributed by atoms with E-state index in [-0.39, 0.29) is 12.5 Å². The number of aliphatic hydroxyl groups is 1. The van der Waals surface area contributed by atoms with Gasteiger partial charge >= 0.3 is 0 Å². The third-order valence-corrected chi connectivity index (χ3v) is 4.14. The number of aliphatic hydroxyl groups excluding tert-OH is 1. The van der Waals surface area contributed by atoms with E-state index in [9.17, 15) is 9.90 Å². The quantitative estimate of drug-likeness (QED) is 0.857. The van der Waals surface area contributed by atoms with E-state index in [4.69, 9.17) is 15.2 Å². The number of hydrogen-bond donors (Lipinski definition) is 2. The van der Waals surface area contributed by atoms with E-state index in [1.165, 1.54) is 0 Å². The van der Waals surface area contributed by atoms with Gasteiger partial charge in [0, 0.05) is 17.7 Å². The molecule has 1 aliphatic heterocycles. The number of carbonyl (C=O) groups excluding carboxylic acids is 1. The van der Waals surface area contributed by atoms with E-state index >= 15 is 0 Å². The van der Waals surface area contributed by atoms with E-state index in [1.54, 1.807) is 31.3 Å². The van der Waals surface area contributed by atoms with E-state index in [1.807, 2.05) is 13.8 Å². The molecule has 0 bridgehead atoms. The summed E-state index contributed by atoms with van der Waals surface area (Å²) in [5, 5.41) is 10.5. The first kappa shape index (κ1) is 17.6. The van der Waals surface area contributed by atoms with Crippen LogP contribution in [0.15, 0.2) is 12.1 Å². The second-order valence-electron chi connectivity index (χ2n) is 6.33. The standard InChI is InChI=1S/C17H26N2O4/c1-10(2)7-12(18)17(21)19-8-11-14(22-3)5-6-15(23-4)16(11)13(20)9-19/h5-6,10,12-13,20H,7-9,18H2,1-4H3/t12-,13?/m0/s1. The number of amides is 1. The number of fused-ring (bicyclic) bond motifs is 1.